The van der Waals surface area contributed by atoms with E-state index in [2.05, 4.69) is 5.32 Å². The standard InChI is InChI=1S/C15H15F2NO2S/c1-21(19,20)15-5-3-2-4-14(15)18-7-6-11-8-12(16)10-13(17)9-11/h2-5,8-10,18H,6-7H2,1H3. The molecule has 0 heterocycles. The molecule has 0 bridgehead atoms. The Morgan fingerprint density at radius 1 is 1.05 bits per heavy atom. The minimum atomic E-state index is -3.32. The number of hydrogen-bond donors (Lipinski definition) is 1. The number of hydrogen-bond acceptors (Lipinski definition) is 3. The van der Waals surface area contributed by atoms with Crippen molar-refractivity contribution in [2.45, 2.75) is 11.3 Å². The van der Waals surface area contributed by atoms with Crippen molar-refractivity contribution in [3.05, 3.63) is 59.7 Å². The van der Waals surface area contributed by atoms with Gasteiger partial charge in [0.25, 0.3) is 0 Å². The molecule has 0 aliphatic carbocycles. The van der Waals surface area contributed by atoms with Crippen LogP contribution in [0.25, 0.3) is 0 Å². The van der Waals surface area contributed by atoms with Gasteiger partial charge >= 0.3 is 0 Å². The fraction of sp³-hybridized carbons (Fsp3) is 0.200. The number of rotatable bonds is 5. The second kappa shape index (κ2) is 6.22. The first-order valence-corrected chi connectivity index (χ1v) is 8.23. The summed E-state index contributed by atoms with van der Waals surface area (Å²) >= 11 is 0. The summed E-state index contributed by atoms with van der Waals surface area (Å²) in [6.45, 7) is 0.370. The molecule has 1 N–H and O–H groups in total. The average molecular weight is 311 g/mol. The Balaban J connectivity index is 2.07. The molecule has 6 heteroatoms. The van der Waals surface area contributed by atoms with Crippen molar-refractivity contribution in [1.82, 2.24) is 0 Å². The fourth-order valence-corrected chi connectivity index (χ4v) is 2.90. The molecule has 2 aromatic carbocycles. The Bertz CT molecular complexity index is 725. The minimum Gasteiger partial charge on any atom is -0.384 e. The van der Waals surface area contributed by atoms with Gasteiger partial charge in [0.2, 0.25) is 0 Å². The monoisotopic (exact) mass is 311 g/mol. The second-order valence-corrected chi connectivity index (χ2v) is 6.71. The maximum Gasteiger partial charge on any atom is 0.177 e. The SMILES string of the molecule is CS(=O)(=O)c1ccccc1NCCc1cc(F)cc(F)c1. The third-order valence-electron chi connectivity index (χ3n) is 2.94. The van der Waals surface area contributed by atoms with E-state index in [1.54, 1.807) is 18.2 Å². The van der Waals surface area contributed by atoms with E-state index in [0.29, 0.717) is 24.2 Å². The summed E-state index contributed by atoms with van der Waals surface area (Å²) in [5.74, 6) is -1.25. The lowest BCUT2D eigenvalue weighted by atomic mass is 10.1. The molecule has 0 amide bonds. The number of para-hydroxylation sites is 1. The molecule has 0 saturated heterocycles. The Morgan fingerprint density at radius 2 is 1.67 bits per heavy atom. The van der Waals surface area contributed by atoms with Crippen LogP contribution in [0.1, 0.15) is 5.56 Å². The first-order chi connectivity index (χ1) is 9.86. The Hall–Kier alpha value is -1.95. The van der Waals surface area contributed by atoms with Crippen LogP contribution in [0.2, 0.25) is 0 Å². The highest BCUT2D eigenvalue weighted by molar-refractivity contribution is 7.90. The summed E-state index contributed by atoms with van der Waals surface area (Å²) in [6.07, 6.45) is 1.52. The van der Waals surface area contributed by atoms with Crippen molar-refractivity contribution < 1.29 is 17.2 Å². The van der Waals surface area contributed by atoms with Crippen LogP contribution in [0.4, 0.5) is 14.5 Å². The second-order valence-electron chi connectivity index (χ2n) is 4.72. The van der Waals surface area contributed by atoms with Gasteiger partial charge in [-0.05, 0) is 36.2 Å². The van der Waals surface area contributed by atoms with Gasteiger partial charge in [0.05, 0.1) is 10.6 Å². The van der Waals surface area contributed by atoms with E-state index in [-0.39, 0.29) is 4.90 Å². The number of sulfone groups is 1. The molecule has 3 nitrogen and oxygen atoms in total. The molecule has 0 aliphatic heterocycles. The van der Waals surface area contributed by atoms with Gasteiger partial charge in [0.15, 0.2) is 9.84 Å². The van der Waals surface area contributed by atoms with E-state index in [0.717, 1.165) is 12.3 Å². The van der Waals surface area contributed by atoms with Crippen molar-refractivity contribution in [3.8, 4) is 0 Å². The van der Waals surface area contributed by atoms with Gasteiger partial charge < -0.3 is 5.32 Å². The molecule has 0 aromatic heterocycles. The molecule has 2 rings (SSSR count). The molecule has 21 heavy (non-hydrogen) atoms. The van der Waals surface area contributed by atoms with Crippen LogP contribution in [0.5, 0.6) is 0 Å². The quantitative estimate of drug-likeness (QED) is 0.923. The zero-order chi connectivity index (χ0) is 15.5. The van der Waals surface area contributed by atoms with Gasteiger partial charge in [0.1, 0.15) is 11.6 Å². The van der Waals surface area contributed by atoms with E-state index in [1.165, 1.54) is 18.2 Å². The average Bonchev–Trinajstić information content (AvgIpc) is 2.37. The highest BCUT2D eigenvalue weighted by Crippen LogP contribution is 2.20. The molecule has 112 valence electrons. The molecule has 0 fully saturated rings. The Labute approximate surface area is 122 Å². The zero-order valence-corrected chi connectivity index (χ0v) is 12.3. The highest BCUT2D eigenvalue weighted by Gasteiger charge is 2.11. The van der Waals surface area contributed by atoms with Crippen LogP contribution in [-0.2, 0) is 16.3 Å². The zero-order valence-electron chi connectivity index (χ0n) is 11.4. The molecule has 0 saturated carbocycles. The van der Waals surface area contributed by atoms with Crippen molar-refractivity contribution in [2.24, 2.45) is 0 Å². The molecule has 2 aromatic rings. The smallest absolute Gasteiger partial charge is 0.177 e. The van der Waals surface area contributed by atoms with Crippen LogP contribution in [-0.4, -0.2) is 21.2 Å². The molecule has 0 spiro atoms. The molecule has 0 aliphatic rings. The Morgan fingerprint density at radius 3 is 2.29 bits per heavy atom. The van der Waals surface area contributed by atoms with Crippen LogP contribution in [0, 0.1) is 11.6 Å². The highest BCUT2D eigenvalue weighted by atomic mass is 32.2. The minimum absolute atomic E-state index is 0.204. The maximum absolute atomic E-state index is 13.1. The largest absolute Gasteiger partial charge is 0.384 e. The van der Waals surface area contributed by atoms with E-state index in [9.17, 15) is 17.2 Å². The van der Waals surface area contributed by atoms with Crippen LogP contribution < -0.4 is 5.32 Å². The topological polar surface area (TPSA) is 46.2 Å². The van der Waals surface area contributed by atoms with Gasteiger partial charge in [-0.15, -0.1) is 0 Å². The maximum atomic E-state index is 13.1. The van der Waals surface area contributed by atoms with Gasteiger partial charge in [-0.25, -0.2) is 17.2 Å². The fourth-order valence-electron chi connectivity index (χ4n) is 2.03. The van der Waals surface area contributed by atoms with E-state index in [1.807, 2.05) is 0 Å². The number of nitrogens with one attached hydrogen (secondary N) is 1. The van der Waals surface area contributed by atoms with Crippen LogP contribution in [0.3, 0.4) is 0 Å². The van der Waals surface area contributed by atoms with Gasteiger partial charge in [-0.2, -0.15) is 0 Å². The predicted octanol–water partition coefficient (Wildman–Crippen LogP) is 3.02. The van der Waals surface area contributed by atoms with Crippen molar-refractivity contribution in [1.29, 1.82) is 0 Å². The lowest BCUT2D eigenvalue weighted by Crippen LogP contribution is -2.09. The summed E-state index contributed by atoms with van der Waals surface area (Å²) in [4.78, 5) is 0.204. The van der Waals surface area contributed by atoms with E-state index in [4.69, 9.17) is 0 Å². The molecule has 0 atom stereocenters. The number of benzene rings is 2. The number of anilines is 1. The predicted molar refractivity (Wildman–Crippen MR) is 78.1 cm³/mol. The van der Waals surface area contributed by atoms with Crippen molar-refractivity contribution >= 4 is 15.5 Å². The van der Waals surface area contributed by atoms with Gasteiger partial charge in [-0.3, -0.25) is 0 Å². The normalized spacial score (nSPS) is 11.4. The first-order valence-electron chi connectivity index (χ1n) is 6.34. The summed E-state index contributed by atoms with van der Waals surface area (Å²) in [5, 5.41) is 2.98. The van der Waals surface area contributed by atoms with Crippen LogP contribution in [0.15, 0.2) is 47.4 Å². The summed E-state index contributed by atoms with van der Waals surface area (Å²) in [5.41, 5.74) is 0.994. The van der Waals surface area contributed by atoms with Crippen molar-refractivity contribution in [2.75, 3.05) is 18.1 Å². The summed E-state index contributed by atoms with van der Waals surface area (Å²) < 4.78 is 49.4. The summed E-state index contributed by atoms with van der Waals surface area (Å²) in [6, 6.07) is 9.86. The first kappa shape index (κ1) is 15.4. The molecular formula is C15H15F2NO2S. The molecule has 0 unspecified atom stereocenters. The van der Waals surface area contributed by atoms with E-state index >= 15 is 0 Å². The van der Waals surface area contributed by atoms with Gasteiger partial charge in [0, 0.05) is 18.9 Å². The Kier molecular flexibility index (Phi) is 4.57. The third-order valence-corrected chi connectivity index (χ3v) is 4.09. The van der Waals surface area contributed by atoms with Crippen molar-refractivity contribution in [3.63, 3.8) is 0 Å². The molecule has 0 radical (unpaired) electrons. The third kappa shape index (κ3) is 4.26. The lowest BCUT2D eigenvalue weighted by molar-refractivity contribution is 0.580. The van der Waals surface area contributed by atoms with E-state index < -0.39 is 21.5 Å². The molecular weight excluding hydrogens is 296 g/mol. The lowest BCUT2D eigenvalue weighted by Gasteiger charge is -2.10. The van der Waals surface area contributed by atoms with Crippen LogP contribution >= 0.6 is 0 Å². The number of halogens is 2. The summed E-state index contributed by atoms with van der Waals surface area (Å²) in [7, 11) is -3.32. The van der Waals surface area contributed by atoms with Gasteiger partial charge in [-0.1, -0.05) is 12.1 Å².